The molecule has 0 aromatic carbocycles. The lowest BCUT2D eigenvalue weighted by Crippen LogP contribution is -2.76. The van der Waals surface area contributed by atoms with E-state index < -0.39 is 11.7 Å². The Morgan fingerprint density at radius 1 is 1.14 bits per heavy atom. The fraction of sp³-hybridized carbons (Fsp3) is 1.00. The third kappa shape index (κ3) is 1.89. The van der Waals surface area contributed by atoms with Crippen molar-refractivity contribution in [1.82, 2.24) is 4.90 Å². The Hall–Kier alpha value is -0.240. The number of rotatable bonds is 4. The molecule has 0 aromatic rings. The number of nitrogens with zero attached hydrogens (tertiary/aromatic N) is 1. The van der Waals surface area contributed by atoms with E-state index in [-0.39, 0.29) is 59.4 Å². The van der Waals surface area contributed by atoms with Crippen molar-refractivity contribution < 1.29 is 24.8 Å². The van der Waals surface area contributed by atoms with E-state index in [0.29, 0.717) is 12.3 Å². The molecule has 0 aromatic heterocycles. The zero-order valence-corrected chi connectivity index (χ0v) is 18.0. The number of aliphatic hydroxyl groups excluding tert-OH is 2. The number of likely N-dealkylation sites (tertiary alicyclic amines) is 1. The maximum absolute atomic E-state index is 12.3. The summed E-state index contributed by atoms with van der Waals surface area (Å²) in [5, 5.41) is 34.3. The Morgan fingerprint density at radius 3 is 2.59 bits per heavy atom. The molecular formula is C23H37NO5. The molecule has 1 aliphatic heterocycles. The normalized spacial score (nSPS) is 62.5. The van der Waals surface area contributed by atoms with Gasteiger partial charge in [-0.15, -0.1) is 0 Å². The molecule has 3 N–H and O–H groups in total. The van der Waals surface area contributed by atoms with Crippen LogP contribution in [0.25, 0.3) is 0 Å². The highest BCUT2D eigenvalue weighted by Crippen LogP contribution is 2.79. The molecule has 0 amide bonds. The number of methoxy groups -OCH3 is 2. The summed E-state index contributed by atoms with van der Waals surface area (Å²) in [6, 6.07) is 0.273. The molecule has 6 aliphatic rings. The molecule has 164 valence electrons. The van der Waals surface area contributed by atoms with Crippen molar-refractivity contribution in [2.24, 2.45) is 40.4 Å². The van der Waals surface area contributed by atoms with Crippen LogP contribution in [0.2, 0.25) is 0 Å². The number of ether oxygens (including phenoxy) is 2. The largest absolute Gasteiger partial charge is 0.396 e. The van der Waals surface area contributed by atoms with Crippen LogP contribution in [0.5, 0.6) is 0 Å². The molecule has 6 heteroatoms. The van der Waals surface area contributed by atoms with Crippen molar-refractivity contribution in [2.45, 2.75) is 69.0 Å². The molecular weight excluding hydrogens is 370 g/mol. The van der Waals surface area contributed by atoms with Gasteiger partial charge in [-0.05, 0) is 44.1 Å². The highest BCUT2D eigenvalue weighted by molar-refractivity contribution is 5.33. The van der Waals surface area contributed by atoms with Crippen LogP contribution >= 0.6 is 0 Å². The lowest BCUT2D eigenvalue weighted by molar-refractivity contribution is -0.275. The molecule has 29 heavy (non-hydrogen) atoms. The summed E-state index contributed by atoms with van der Waals surface area (Å²) in [4.78, 5) is 2.57. The summed E-state index contributed by atoms with van der Waals surface area (Å²) in [5.41, 5.74) is -1.07. The Bertz CT molecular complexity index is 705. The Kier molecular flexibility index (Phi) is 4.00. The standard InChI is InChI=1S/C23H37NO5/c1-4-24-10-21(11-25)6-5-17(29-3)23-13-7-12-15(28-2)9-22(27,18(13)19(12)26)14(20(23)24)8-16(21)23/h12-20,25-27H,4-11H2,1-3H3/t12-,13-,14+,15+,16-,17+,18-,19+,20-,21+,22+,23-/m1/s1. The van der Waals surface area contributed by atoms with Gasteiger partial charge in [-0.25, -0.2) is 0 Å². The minimum Gasteiger partial charge on any atom is -0.396 e. The number of hydrogen-bond donors (Lipinski definition) is 3. The summed E-state index contributed by atoms with van der Waals surface area (Å²) >= 11 is 0. The second-order valence-corrected chi connectivity index (χ2v) is 11.2. The SMILES string of the molecule is CCN1C[C@]2(CO)CC[C@H](OC)[C@@]34[C@@H]5C[C@H]6[C@H](O)[C@@H]5[C@](O)(C[C@@H]6OC)[C@@H](C[C@H]23)[C@@H]14. The minimum absolute atomic E-state index is 0.0749. The molecule has 5 saturated carbocycles. The maximum atomic E-state index is 12.3. The highest BCUT2D eigenvalue weighted by Gasteiger charge is 2.83. The second-order valence-electron chi connectivity index (χ2n) is 11.2. The van der Waals surface area contributed by atoms with Gasteiger partial charge in [-0.3, -0.25) is 4.90 Å². The van der Waals surface area contributed by atoms with Crippen LogP contribution < -0.4 is 0 Å². The second kappa shape index (κ2) is 5.96. The first-order chi connectivity index (χ1) is 13.9. The van der Waals surface area contributed by atoms with E-state index in [2.05, 4.69) is 11.8 Å². The lowest BCUT2D eigenvalue weighted by atomic mass is 9.43. The predicted octanol–water partition coefficient (Wildman–Crippen LogP) is 0.877. The van der Waals surface area contributed by atoms with Gasteiger partial charge in [0, 0.05) is 61.8 Å². The average Bonchev–Trinajstić information content (AvgIpc) is 3.14. The topological polar surface area (TPSA) is 82.4 Å². The Labute approximate surface area is 173 Å². The summed E-state index contributed by atoms with van der Waals surface area (Å²) < 4.78 is 12.1. The molecule has 1 heterocycles. The van der Waals surface area contributed by atoms with Gasteiger partial charge in [-0.2, -0.15) is 0 Å². The monoisotopic (exact) mass is 407 g/mol. The summed E-state index contributed by atoms with van der Waals surface area (Å²) in [7, 11) is 3.58. The molecule has 7 bridgehead atoms. The smallest absolute Gasteiger partial charge is 0.0771 e. The molecule has 6 fully saturated rings. The van der Waals surface area contributed by atoms with E-state index in [4.69, 9.17) is 9.47 Å². The maximum Gasteiger partial charge on any atom is 0.0771 e. The van der Waals surface area contributed by atoms with Gasteiger partial charge in [0.15, 0.2) is 0 Å². The van der Waals surface area contributed by atoms with Crippen molar-refractivity contribution in [3.05, 3.63) is 0 Å². The fourth-order valence-electron chi connectivity index (χ4n) is 10.4. The number of hydrogen-bond acceptors (Lipinski definition) is 6. The quantitative estimate of drug-likeness (QED) is 0.642. The van der Waals surface area contributed by atoms with Crippen LogP contribution in [0.15, 0.2) is 0 Å². The molecule has 5 aliphatic carbocycles. The lowest BCUT2D eigenvalue weighted by Gasteiger charge is -2.69. The van der Waals surface area contributed by atoms with Crippen molar-refractivity contribution in [1.29, 1.82) is 0 Å². The van der Waals surface area contributed by atoms with Crippen LogP contribution in [-0.2, 0) is 9.47 Å². The van der Waals surface area contributed by atoms with E-state index in [1.807, 2.05) is 7.11 Å². The van der Waals surface area contributed by atoms with Crippen LogP contribution in [0.4, 0.5) is 0 Å². The molecule has 0 unspecified atom stereocenters. The van der Waals surface area contributed by atoms with Gasteiger partial charge in [0.25, 0.3) is 0 Å². The van der Waals surface area contributed by atoms with Crippen molar-refractivity contribution in [3.8, 4) is 0 Å². The third-order valence-corrected chi connectivity index (χ3v) is 11.0. The van der Waals surface area contributed by atoms with Crippen molar-refractivity contribution in [3.63, 3.8) is 0 Å². The number of piperidine rings is 1. The van der Waals surface area contributed by atoms with Crippen LogP contribution in [0.1, 0.15) is 39.0 Å². The van der Waals surface area contributed by atoms with Crippen molar-refractivity contribution in [2.75, 3.05) is 33.9 Å². The van der Waals surface area contributed by atoms with Crippen LogP contribution in [-0.4, -0.2) is 84.1 Å². The zero-order valence-electron chi connectivity index (χ0n) is 18.0. The van der Waals surface area contributed by atoms with Gasteiger partial charge in [0.1, 0.15) is 0 Å². The van der Waals surface area contributed by atoms with Crippen LogP contribution in [0, 0.1) is 40.4 Å². The molecule has 6 rings (SSSR count). The van der Waals surface area contributed by atoms with E-state index in [9.17, 15) is 15.3 Å². The summed E-state index contributed by atoms with van der Waals surface area (Å²) in [6.07, 6.45) is 4.02. The van der Waals surface area contributed by atoms with Gasteiger partial charge in [0.2, 0.25) is 0 Å². The average molecular weight is 408 g/mol. The van der Waals surface area contributed by atoms with E-state index in [1.165, 1.54) is 0 Å². The summed E-state index contributed by atoms with van der Waals surface area (Å²) in [5.74, 6) is 0.719. The number of fused-ring (bicyclic) bond motifs is 2. The van der Waals surface area contributed by atoms with E-state index >= 15 is 0 Å². The first-order valence-electron chi connectivity index (χ1n) is 11.7. The fourth-order valence-corrected chi connectivity index (χ4v) is 10.4. The highest BCUT2D eigenvalue weighted by atomic mass is 16.5. The molecule has 6 nitrogen and oxygen atoms in total. The third-order valence-electron chi connectivity index (χ3n) is 11.0. The summed E-state index contributed by atoms with van der Waals surface area (Å²) in [6.45, 7) is 4.29. The van der Waals surface area contributed by atoms with Crippen LogP contribution in [0.3, 0.4) is 0 Å². The van der Waals surface area contributed by atoms with Gasteiger partial charge >= 0.3 is 0 Å². The Morgan fingerprint density at radius 2 is 1.93 bits per heavy atom. The molecule has 0 radical (unpaired) electrons. The van der Waals surface area contributed by atoms with Gasteiger partial charge < -0.3 is 24.8 Å². The first kappa shape index (κ1) is 19.4. The Balaban J connectivity index is 1.60. The minimum atomic E-state index is -0.887. The van der Waals surface area contributed by atoms with E-state index in [0.717, 1.165) is 38.8 Å². The predicted molar refractivity (Wildman–Crippen MR) is 106 cm³/mol. The molecule has 12 atom stereocenters. The molecule has 1 saturated heterocycles. The van der Waals surface area contributed by atoms with Gasteiger partial charge in [0.05, 0.1) is 30.5 Å². The first-order valence-corrected chi connectivity index (χ1v) is 11.7. The van der Waals surface area contributed by atoms with Gasteiger partial charge in [-0.1, -0.05) is 6.92 Å². The zero-order chi connectivity index (χ0) is 20.3. The van der Waals surface area contributed by atoms with E-state index in [1.54, 1.807) is 7.11 Å². The van der Waals surface area contributed by atoms with Crippen molar-refractivity contribution >= 4 is 0 Å². The number of aliphatic hydroxyl groups is 3. The molecule has 1 spiro atoms.